The van der Waals surface area contributed by atoms with E-state index in [9.17, 15) is 9.59 Å². The molecule has 2 heterocycles. The average molecular weight is 361 g/mol. The van der Waals surface area contributed by atoms with E-state index in [1.165, 1.54) is 23.9 Å². The number of thioether (sulfide) groups is 1. The largest absolute Gasteiger partial charge is 0.478 e. The lowest BCUT2D eigenvalue weighted by Gasteiger charge is -1.98. The van der Waals surface area contributed by atoms with Gasteiger partial charge >= 0.3 is 5.97 Å². The molecule has 0 saturated carbocycles. The van der Waals surface area contributed by atoms with Crippen LogP contribution in [0.2, 0.25) is 0 Å². The highest BCUT2D eigenvalue weighted by Crippen LogP contribution is 2.28. The third kappa shape index (κ3) is 4.12. The summed E-state index contributed by atoms with van der Waals surface area (Å²) in [6.45, 7) is 4.00. The van der Waals surface area contributed by atoms with Crippen LogP contribution in [0.5, 0.6) is 0 Å². The number of carboxylic acids is 1. The van der Waals surface area contributed by atoms with Crippen molar-refractivity contribution in [2.75, 3.05) is 0 Å². The Bertz CT molecular complexity index is 806. The fourth-order valence-electron chi connectivity index (χ4n) is 1.91. The van der Waals surface area contributed by atoms with Crippen LogP contribution in [0.25, 0.3) is 17.4 Å². The lowest BCUT2D eigenvalue weighted by Crippen LogP contribution is -2.17. The molecular weight excluding hydrogens is 346 g/mol. The van der Waals surface area contributed by atoms with Crippen LogP contribution >= 0.6 is 24.0 Å². The van der Waals surface area contributed by atoms with E-state index in [0.29, 0.717) is 20.7 Å². The number of carboxylic acid groups (broad SMARTS) is 1. The van der Waals surface area contributed by atoms with Crippen LogP contribution in [0.3, 0.4) is 0 Å². The molecule has 1 aliphatic heterocycles. The third-order valence-corrected chi connectivity index (χ3v) is 4.12. The van der Waals surface area contributed by atoms with Crippen LogP contribution in [0, 0.1) is 0 Å². The van der Waals surface area contributed by atoms with Crippen LogP contribution < -0.4 is 5.32 Å². The average Bonchev–Trinajstić information content (AvgIpc) is 3.16. The number of hydrogen-bond acceptors (Lipinski definition) is 5. The molecule has 0 spiro atoms. The Morgan fingerprint density at radius 1 is 1.21 bits per heavy atom. The second-order valence-electron chi connectivity index (χ2n) is 4.44. The number of rotatable bonds is 3. The van der Waals surface area contributed by atoms with Gasteiger partial charge in [-0.3, -0.25) is 4.79 Å². The molecular formula is C17H15NO4S2. The van der Waals surface area contributed by atoms with E-state index in [4.69, 9.17) is 21.7 Å². The van der Waals surface area contributed by atoms with Crippen molar-refractivity contribution in [3.8, 4) is 11.3 Å². The summed E-state index contributed by atoms with van der Waals surface area (Å²) in [6.07, 6.45) is 1.62. The lowest BCUT2D eigenvalue weighted by atomic mass is 10.1. The molecule has 124 valence electrons. The fraction of sp³-hybridized carbons (Fsp3) is 0.118. The quantitative estimate of drug-likeness (QED) is 0.631. The van der Waals surface area contributed by atoms with Crippen LogP contribution in [-0.2, 0) is 4.79 Å². The Labute approximate surface area is 148 Å². The number of carbonyl (C=O) groups excluding carboxylic acids is 1. The molecule has 1 aliphatic rings. The molecule has 0 unspecified atom stereocenters. The van der Waals surface area contributed by atoms with E-state index in [0.717, 1.165) is 5.56 Å². The highest BCUT2D eigenvalue weighted by atomic mass is 32.2. The van der Waals surface area contributed by atoms with Gasteiger partial charge in [-0.05, 0) is 24.3 Å². The molecule has 0 bridgehead atoms. The maximum atomic E-state index is 11.6. The summed E-state index contributed by atoms with van der Waals surface area (Å²) < 4.78 is 6.08. The molecule has 3 rings (SSSR count). The van der Waals surface area contributed by atoms with E-state index < -0.39 is 5.97 Å². The zero-order chi connectivity index (χ0) is 17.7. The van der Waals surface area contributed by atoms with Crippen molar-refractivity contribution < 1.29 is 19.1 Å². The predicted octanol–water partition coefficient (Wildman–Crippen LogP) is 4.16. The Kier molecular flexibility index (Phi) is 5.94. The first-order chi connectivity index (χ1) is 11.5. The number of furan rings is 1. The van der Waals surface area contributed by atoms with Crippen molar-refractivity contribution in [1.82, 2.24) is 5.32 Å². The lowest BCUT2D eigenvalue weighted by molar-refractivity contribution is -0.115. The number of benzene rings is 1. The van der Waals surface area contributed by atoms with Gasteiger partial charge in [-0.15, -0.1) is 0 Å². The summed E-state index contributed by atoms with van der Waals surface area (Å²) in [5, 5.41) is 11.4. The highest BCUT2D eigenvalue weighted by molar-refractivity contribution is 8.26. The van der Waals surface area contributed by atoms with Crippen LogP contribution in [0.15, 0.2) is 45.7 Å². The molecule has 1 fully saturated rings. The molecule has 2 N–H and O–H groups in total. The normalized spacial score (nSPS) is 15.0. The Balaban J connectivity index is 0.00000100. The summed E-state index contributed by atoms with van der Waals surface area (Å²) in [4.78, 5) is 22.9. The first-order valence-electron chi connectivity index (χ1n) is 7.21. The number of thiocarbonyl (C=S) groups is 1. The smallest absolute Gasteiger partial charge is 0.335 e. The molecule has 5 nitrogen and oxygen atoms in total. The van der Waals surface area contributed by atoms with Crippen LogP contribution in [0.4, 0.5) is 0 Å². The van der Waals surface area contributed by atoms with Gasteiger partial charge in [0.15, 0.2) is 0 Å². The maximum Gasteiger partial charge on any atom is 0.335 e. The number of amides is 1. The first kappa shape index (κ1) is 18.0. The molecule has 1 saturated heterocycles. The van der Waals surface area contributed by atoms with E-state index in [1.807, 2.05) is 13.8 Å². The molecule has 1 amide bonds. The van der Waals surface area contributed by atoms with Crippen LogP contribution in [-0.4, -0.2) is 21.3 Å². The Hall–Kier alpha value is -2.38. The maximum absolute atomic E-state index is 11.6. The standard InChI is InChI=1S/C15H9NO4S2.C2H6/c17-13-12(22-15(21)16-13)7-10-5-6-11(20-10)8-1-3-9(4-2-8)14(18)19;1-2/h1-7H,(H,18,19)(H,16,17,21);1-2H3/b12-7-;. The molecule has 0 radical (unpaired) electrons. The highest BCUT2D eigenvalue weighted by Gasteiger charge is 2.22. The van der Waals surface area contributed by atoms with Crippen molar-refractivity contribution in [1.29, 1.82) is 0 Å². The van der Waals surface area contributed by atoms with Crippen molar-refractivity contribution in [2.45, 2.75) is 13.8 Å². The second kappa shape index (κ2) is 7.94. The summed E-state index contributed by atoms with van der Waals surface area (Å²) in [6, 6.07) is 9.87. The first-order valence-corrected chi connectivity index (χ1v) is 8.44. The minimum Gasteiger partial charge on any atom is -0.478 e. The molecule has 2 aromatic rings. The topological polar surface area (TPSA) is 79.5 Å². The van der Waals surface area contributed by atoms with Gasteiger partial charge in [-0.1, -0.05) is 50.0 Å². The molecule has 7 heteroatoms. The van der Waals surface area contributed by atoms with Crippen LogP contribution in [0.1, 0.15) is 30.0 Å². The zero-order valence-electron chi connectivity index (χ0n) is 13.0. The van der Waals surface area contributed by atoms with Gasteiger partial charge in [-0.2, -0.15) is 0 Å². The SMILES string of the molecule is CC.O=C1NC(=S)S/C1=C\c1ccc(-c2ccc(C(=O)O)cc2)o1. The number of aromatic carboxylic acids is 1. The van der Waals surface area contributed by atoms with Gasteiger partial charge in [0, 0.05) is 11.6 Å². The molecule has 1 aromatic carbocycles. The van der Waals surface area contributed by atoms with Crippen molar-refractivity contribution in [2.24, 2.45) is 0 Å². The number of nitrogens with one attached hydrogen (secondary N) is 1. The summed E-state index contributed by atoms with van der Waals surface area (Å²) in [5.41, 5.74) is 0.971. The van der Waals surface area contributed by atoms with Gasteiger partial charge in [0.2, 0.25) is 0 Å². The van der Waals surface area contributed by atoms with Gasteiger partial charge in [-0.25, -0.2) is 4.79 Å². The minimum atomic E-state index is -0.975. The molecule has 0 atom stereocenters. The van der Waals surface area contributed by atoms with Gasteiger partial charge in [0.05, 0.1) is 10.5 Å². The number of carbonyl (C=O) groups is 2. The zero-order valence-corrected chi connectivity index (χ0v) is 14.7. The van der Waals surface area contributed by atoms with E-state index >= 15 is 0 Å². The van der Waals surface area contributed by atoms with E-state index in [1.54, 1.807) is 30.3 Å². The Morgan fingerprint density at radius 3 is 2.42 bits per heavy atom. The van der Waals surface area contributed by atoms with Crippen molar-refractivity contribution in [3.05, 3.63) is 52.6 Å². The number of hydrogen-bond donors (Lipinski definition) is 2. The fourth-order valence-corrected chi connectivity index (χ4v) is 2.94. The molecule has 0 aliphatic carbocycles. The molecule has 24 heavy (non-hydrogen) atoms. The molecule has 1 aromatic heterocycles. The Morgan fingerprint density at radius 2 is 1.88 bits per heavy atom. The second-order valence-corrected chi connectivity index (χ2v) is 6.16. The van der Waals surface area contributed by atoms with E-state index in [-0.39, 0.29) is 11.5 Å². The van der Waals surface area contributed by atoms with Gasteiger partial charge < -0.3 is 14.8 Å². The van der Waals surface area contributed by atoms with E-state index in [2.05, 4.69) is 5.32 Å². The van der Waals surface area contributed by atoms with Crippen molar-refractivity contribution in [3.63, 3.8) is 0 Å². The van der Waals surface area contributed by atoms with Gasteiger partial charge in [0.1, 0.15) is 15.8 Å². The third-order valence-electron chi connectivity index (χ3n) is 2.96. The minimum absolute atomic E-state index is 0.213. The summed E-state index contributed by atoms with van der Waals surface area (Å²) in [5.74, 6) is -0.0927. The van der Waals surface area contributed by atoms with Gasteiger partial charge in [0.25, 0.3) is 5.91 Å². The monoisotopic (exact) mass is 361 g/mol. The predicted molar refractivity (Wildman–Crippen MR) is 98.8 cm³/mol. The summed E-state index contributed by atoms with van der Waals surface area (Å²) >= 11 is 6.10. The van der Waals surface area contributed by atoms with Crippen molar-refractivity contribution >= 4 is 46.3 Å². The summed E-state index contributed by atoms with van der Waals surface area (Å²) in [7, 11) is 0.